The van der Waals surface area contributed by atoms with E-state index in [-0.39, 0.29) is 12.3 Å². The van der Waals surface area contributed by atoms with Crippen molar-refractivity contribution in [2.24, 2.45) is 5.41 Å². The second kappa shape index (κ2) is 11.9. The van der Waals surface area contributed by atoms with Gasteiger partial charge in [-0.2, -0.15) is 5.26 Å². The van der Waals surface area contributed by atoms with Crippen molar-refractivity contribution >= 4 is 35.0 Å². The number of aromatic nitrogens is 2. The van der Waals surface area contributed by atoms with E-state index in [2.05, 4.69) is 11.1 Å². The van der Waals surface area contributed by atoms with Gasteiger partial charge in [0, 0.05) is 18.7 Å². The summed E-state index contributed by atoms with van der Waals surface area (Å²) in [7, 11) is 0. The number of hydrogen-bond acceptors (Lipinski definition) is 7. The number of carbonyl (C=O) groups excluding carboxylic acids is 1. The highest BCUT2D eigenvalue weighted by molar-refractivity contribution is 6.43. The van der Waals surface area contributed by atoms with Crippen LogP contribution in [0.2, 0.25) is 10.0 Å². The van der Waals surface area contributed by atoms with Gasteiger partial charge in [-0.15, -0.1) is 0 Å². The van der Waals surface area contributed by atoms with E-state index in [4.69, 9.17) is 37.7 Å². The van der Waals surface area contributed by atoms with Gasteiger partial charge in [-0.3, -0.25) is 0 Å². The molecule has 0 N–H and O–H groups in total. The first kappa shape index (κ1) is 26.9. The van der Waals surface area contributed by atoms with Gasteiger partial charge in [0.25, 0.3) is 0 Å². The molecule has 1 aliphatic heterocycles. The molecule has 0 atom stereocenters. The summed E-state index contributed by atoms with van der Waals surface area (Å²) in [6.45, 7) is 5.62. The van der Waals surface area contributed by atoms with Crippen LogP contribution < -0.4 is 4.90 Å². The van der Waals surface area contributed by atoms with E-state index in [0.717, 1.165) is 5.56 Å². The number of rotatable bonds is 8. The minimum absolute atomic E-state index is 0.114. The predicted octanol–water partition coefficient (Wildman–Crippen LogP) is 6.26. The van der Waals surface area contributed by atoms with Gasteiger partial charge >= 0.3 is 5.97 Å². The van der Waals surface area contributed by atoms with Crippen LogP contribution in [-0.4, -0.2) is 42.2 Å². The molecular formula is C28H28Cl2N4O3. The summed E-state index contributed by atoms with van der Waals surface area (Å²) < 4.78 is 11.2. The molecule has 2 heterocycles. The van der Waals surface area contributed by atoms with Crippen molar-refractivity contribution in [1.29, 1.82) is 5.26 Å². The van der Waals surface area contributed by atoms with Crippen LogP contribution >= 0.6 is 23.2 Å². The van der Waals surface area contributed by atoms with E-state index >= 15 is 0 Å². The lowest BCUT2D eigenvalue weighted by Gasteiger charge is -2.38. The zero-order valence-corrected chi connectivity index (χ0v) is 22.3. The van der Waals surface area contributed by atoms with Crippen LogP contribution in [0.3, 0.4) is 0 Å². The summed E-state index contributed by atoms with van der Waals surface area (Å²) in [4.78, 5) is 24.4. The Labute approximate surface area is 227 Å². The maximum Gasteiger partial charge on any atom is 0.360 e. The number of hydrogen-bond donors (Lipinski definition) is 0. The van der Waals surface area contributed by atoms with E-state index in [9.17, 15) is 10.1 Å². The number of piperidine rings is 1. The summed E-state index contributed by atoms with van der Waals surface area (Å²) in [6, 6.07) is 17.6. The number of aryl methyl sites for hydroxylation is 1. The molecule has 9 heteroatoms. The Kier molecular flexibility index (Phi) is 8.65. The van der Waals surface area contributed by atoms with E-state index in [1.54, 1.807) is 25.1 Å². The fourth-order valence-electron chi connectivity index (χ4n) is 4.38. The number of nitriles is 1. The summed E-state index contributed by atoms with van der Waals surface area (Å²) in [6.07, 6.45) is 1.15. The summed E-state index contributed by atoms with van der Waals surface area (Å²) >= 11 is 12.7. The largest absolute Gasteiger partial charge is 0.461 e. The number of nitrogens with zero attached hydrogens (tertiary/aromatic N) is 4. The molecule has 0 saturated carbocycles. The Morgan fingerprint density at radius 3 is 2.51 bits per heavy atom. The first-order valence-corrected chi connectivity index (χ1v) is 12.9. The quantitative estimate of drug-likeness (QED) is 0.312. The predicted molar refractivity (Wildman–Crippen MR) is 144 cm³/mol. The van der Waals surface area contributed by atoms with Crippen LogP contribution in [0, 0.1) is 23.7 Å². The molecule has 37 heavy (non-hydrogen) atoms. The Balaban J connectivity index is 1.56. The molecule has 0 amide bonds. The van der Waals surface area contributed by atoms with Gasteiger partial charge in [-0.05, 0) is 38.3 Å². The highest BCUT2D eigenvalue weighted by atomic mass is 35.5. The Bertz CT molecular complexity index is 1300. The average molecular weight is 539 g/mol. The lowest BCUT2D eigenvalue weighted by Crippen LogP contribution is -2.43. The van der Waals surface area contributed by atoms with Crippen molar-refractivity contribution in [2.75, 3.05) is 31.2 Å². The zero-order chi connectivity index (χ0) is 26.4. The SMILES string of the molecule is CCOC(=O)c1nc(-c2cccc(Cl)c2Cl)c(C)nc1N1CCC(C#N)(COCc2ccccc2)CC1. The van der Waals surface area contributed by atoms with Crippen molar-refractivity contribution in [1.82, 2.24) is 9.97 Å². The number of carbonyl (C=O) groups is 1. The molecule has 1 saturated heterocycles. The molecule has 3 aromatic rings. The van der Waals surface area contributed by atoms with Crippen molar-refractivity contribution in [3.63, 3.8) is 0 Å². The van der Waals surface area contributed by atoms with Gasteiger partial charge in [0.05, 0.1) is 52.7 Å². The number of benzene rings is 2. The molecule has 0 unspecified atom stereocenters. The Morgan fingerprint density at radius 1 is 1.11 bits per heavy atom. The molecule has 7 nitrogen and oxygen atoms in total. The normalized spacial score (nSPS) is 14.7. The van der Waals surface area contributed by atoms with Crippen molar-refractivity contribution < 1.29 is 14.3 Å². The fraction of sp³-hybridized carbons (Fsp3) is 0.357. The second-order valence-corrected chi connectivity index (χ2v) is 9.79. The number of halogens is 2. The Hall–Kier alpha value is -3.18. The van der Waals surface area contributed by atoms with Gasteiger partial charge < -0.3 is 14.4 Å². The molecular weight excluding hydrogens is 511 g/mol. The summed E-state index contributed by atoms with van der Waals surface area (Å²) in [5.41, 5.74) is 2.24. The van der Waals surface area contributed by atoms with Gasteiger partial charge in [0.2, 0.25) is 0 Å². The van der Waals surface area contributed by atoms with Gasteiger partial charge in [0.15, 0.2) is 11.5 Å². The molecule has 1 aliphatic rings. The van der Waals surface area contributed by atoms with Crippen molar-refractivity contribution in [3.8, 4) is 17.3 Å². The topological polar surface area (TPSA) is 88.3 Å². The van der Waals surface area contributed by atoms with Gasteiger partial charge in [-0.1, -0.05) is 65.7 Å². The molecule has 0 bridgehead atoms. The molecule has 4 rings (SSSR count). The summed E-state index contributed by atoms with van der Waals surface area (Å²) in [5, 5.41) is 10.7. The smallest absolute Gasteiger partial charge is 0.360 e. The number of anilines is 1. The first-order valence-electron chi connectivity index (χ1n) is 12.2. The highest BCUT2D eigenvalue weighted by Gasteiger charge is 2.37. The third-order valence-electron chi connectivity index (χ3n) is 6.47. The minimum Gasteiger partial charge on any atom is -0.461 e. The van der Waals surface area contributed by atoms with Gasteiger partial charge in [0.1, 0.15) is 0 Å². The molecule has 1 fully saturated rings. The van der Waals surface area contributed by atoms with E-state index in [0.29, 0.717) is 72.0 Å². The molecule has 0 aliphatic carbocycles. The van der Waals surface area contributed by atoms with E-state index in [1.807, 2.05) is 42.2 Å². The van der Waals surface area contributed by atoms with Crippen LogP contribution in [0.4, 0.5) is 5.82 Å². The average Bonchev–Trinajstić information content (AvgIpc) is 2.91. The van der Waals surface area contributed by atoms with Crippen molar-refractivity contribution in [3.05, 3.63) is 75.5 Å². The fourth-order valence-corrected chi connectivity index (χ4v) is 4.77. The van der Waals surface area contributed by atoms with E-state index in [1.165, 1.54) is 0 Å². The van der Waals surface area contributed by atoms with Crippen LogP contribution in [0.15, 0.2) is 48.5 Å². The number of esters is 1. The Morgan fingerprint density at radius 2 is 1.84 bits per heavy atom. The minimum atomic E-state index is -0.605. The second-order valence-electron chi connectivity index (χ2n) is 9.01. The third-order valence-corrected chi connectivity index (χ3v) is 7.29. The molecule has 2 aromatic carbocycles. The third kappa shape index (κ3) is 6.04. The van der Waals surface area contributed by atoms with Crippen molar-refractivity contribution in [2.45, 2.75) is 33.3 Å². The van der Waals surface area contributed by atoms with Crippen LogP contribution in [-0.2, 0) is 16.1 Å². The standard InChI is InChI=1S/C28H28Cl2N4O3/c1-3-37-27(35)25-26(32-19(2)24(33-25)21-10-7-11-22(29)23(21)30)34-14-12-28(17-31,13-15-34)18-36-16-20-8-5-4-6-9-20/h4-11H,3,12-16,18H2,1-2H3. The zero-order valence-electron chi connectivity index (χ0n) is 20.8. The molecule has 0 radical (unpaired) electrons. The lowest BCUT2D eigenvalue weighted by molar-refractivity contribution is 0.0479. The van der Waals surface area contributed by atoms with Crippen LogP contribution in [0.25, 0.3) is 11.3 Å². The first-order chi connectivity index (χ1) is 17.9. The molecule has 0 spiro atoms. The maximum atomic E-state index is 12.9. The highest BCUT2D eigenvalue weighted by Crippen LogP contribution is 2.37. The summed E-state index contributed by atoms with van der Waals surface area (Å²) in [5.74, 6) is -0.123. The monoisotopic (exact) mass is 538 g/mol. The maximum absolute atomic E-state index is 12.9. The van der Waals surface area contributed by atoms with Crippen LogP contribution in [0.5, 0.6) is 0 Å². The van der Waals surface area contributed by atoms with Crippen LogP contribution in [0.1, 0.15) is 41.5 Å². The molecule has 1 aromatic heterocycles. The van der Waals surface area contributed by atoms with Gasteiger partial charge in [-0.25, -0.2) is 14.8 Å². The number of ether oxygens (including phenoxy) is 2. The lowest BCUT2D eigenvalue weighted by atomic mass is 9.80. The van der Waals surface area contributed by atoms with E-state index < -0.39 is 11.4 Å². The molecule has 192 valence electrons.